The van der Waals surface area contributed by atoms with Gasteiger partial charge in [0.1, 0.15) is 31.7 Å². The fourth-order valence-electron chi connectivity index (χ4n) is 3.56. The van der Waals surface area contributed by atoms with E-state index in [9.17, 15) is 0 Å². The number of fused-ring (bicyclic) bond motifs is 3. The molecule has 0 radical (unpaired) electrons. The SMILES string of the molecule is CCOCCOc1ccc2c(c1)CCN1CN=C(OC[C@@H]3COCCO3)C=C21. The lowest BCUT2D eigenvalue weighted by Gasteiger charge is -2.34. The Morgan fingerprint density at radius 2 is 2.18 bits per heavy atom. The first-order valence-electron chi connectivity index (χ1n) is 10.0. The van der Waals surface area contributed by atoms with Gasteiger partial charge in [-0.2, -0.15) is 0 Å². The summed E-state index contributed by atoms with van der Waals surface area (Å²) in [5.41, 5.74) is 3.67. The van der Waals surface area contributed by atoms with E-state index in [4.69, 9.17) is 23.7 Å². The first-order valence-corrected chi connectivity index (χ1v) is 10.0. The van der Waals surface area contributed by atoms with Gasteiger partial charge in [0.25, 0.3) is 0 Å². The average Bonchev–Trinajstić information content (AvgIpc) is 2.75. The summed E-state index contributed by atoms with van der Waals surface area (Å²) in [5, 5.41) is 0. The number of hydrogen-bond donors (Lipinski definition) is 0. The standard InChI is InChI=1S/C21H28N2O5/c1-2-24-7-9-26-17-3-4-19-16(11-17)5-6-23-15-22-21(12-20(19)23)28-14-18-13-25-8-10-27-18/h3-4,11-12,18H,2,5-10,13-15H2,1H3/t18-/m0/s1. The molecule has 4 rings (SSSR count). The van der Waals surface area contributed by atoms with E-state index >= 15 is 0 Å². The zero-order valence-electron chi connectivity index (χ0n) is 16.4. The summed E-state index contributed by atoms with van der Waals surface area (Å²) in [6, 6.07) is 6.29. The second kappa shape index (κ2) is 9.41. The molecule has 3 aliphatic heterocycles. The lowest BCUT2D eigenvalue weighted by atomic mass is 9.95. The topological polar surface area (TPSA) is 61.8 Å². The third kappa shape index (κ3) is 4.66. The molecule has 0 amide bonds. The zero-order chi connectivity index (χ0) is 19.2. The van der Waals surface area contributed by atoms with E-state index in [1.54, 1.807) is 0 Å². The first-order chi connectivity index (χ1) is 13.8. The van der Waals surface area contributed by atoms with Gasteiger partial charge in [-0.1, -0.05) is 0 Å². The van der Waals surface area contributed by atoms with Gasteiger partial charge >= 0.3 is 0 Å². The molecule has 1 aromatic rings. The van der Waals surface area contributed by atoms with Gasteiger partial charge in [0, 0.05) is 24.8 Å². The Labute approximate surface area is 165 Å². The van der Waals surface area contributed by atoms with Crippen molar-refractivity contribution in [3.8, 4) is 5.75 Å². The van der Waals surface area contributed by atoms with Crippen molar-refractivity contribution in [3.05, 3.63) is 35.4 Å². The van der Waals surface area contributed by atoms with Crippen molar-refractivity contribution in [3.63, 3.8) is 0 Å². The maximum atomic E-state index is 5.89. The maximum absolute atomic E-state index is 5.89. The van der Waals surface area contributed by atoms with Crippen LogP contribution in [-0.4, -0.2) is 76.4 Å². The molecule has 3 aliphatic rings. The lowest BCUT2D eigenvalue weighted by Crippen LogP contribution is -2.35. The zero-order valence-corrected chi connectivity index (χ0v) is 16.4. The molecule has 1 aromatic carbocycles. The Hall–Kier alpha value is -2.09. The highest BCUT2D eigenvalue weighted by atomic mass is 16.6. The van der Waals surface area contributed by atoms with Crippen LogP contribution in [0, 0.1) is 0 Å². The van der Waals surface area contributed by atoms with E-state index in [-0.39, 0.29) is 6.10 Å². The molecule has 7 heteroatoms. The second-order valence-electron chi connectivity index (χ2n) is 6.92. The Bertz CT molecular complexity index is 728. The molecule has 3 heterocycles. The molecule has 0 aromatic heterocycles. The van der Waals surface area contributed by atoms with Crippen LogP contribution in [0.3, 0.4) is 0 Å². The van der Waals surface area contributed by atoms with Crippen LogP contribution < -0.4 is 4.74 Å². The summed E-state index contributed by atoms with van der Waals surface area (Å²) in [5.74, 6) is 1.55. The Morgan fingerprint density at radius 3 is 3.04 bits per heavy atom. The van der Waals surface area contributed by atoms with E-state index in [0.29, 0.717) is 58.8 Å². The summed E-state index contributed by atoms with van der Waals surface area (Å²) in [4.78, 5) is 6.84. The van der Waals surface area contributed by atoms with E-state index in [1.165, 1.54) is 11.1 Å². The van der Waals surface area contributed by atoms with Crippen LogP contribution in [-0.2, 0) is 25.4 Å². The van der Waals surface area contributed by atoms with Gasteiger partial charge in [0.2, 0.25) is 5.90 Å². The van der Waals surface area contributed by atoms with E-state index in [0.717, 1.165) is 24.4 Å². The van der Waals surface area contributed by atoms with Crippen LogP contribution in [0.2, 0.25) is 0 Å². The molecule has 7 nitrogen and oxygen atoms in total. The van der Waals surface area contributed by atoms with E-state index < -0.39 is 0 Å². The van der Waals surface area contributed by atoms with Crippen molar-refractivity contribution >= 4 is 11.6 Å². The van der Waals surface area contributed by atoms with Crippen LogP contribution in [0.25, 0.3) is 5.70 Å². The predicted octanol–water partition coefficient (Wildman–Crippen LogP) is 2.10. The molecule has 0 aliphatic carbocycles. The van der Waals surface area contributed by atoms with Crippen molar-refractivity contribution in [2.24, 2.45) is 4.99 Å². The van der Waals surface area contributed by atoms with E-state index in [1.807, 2.05) is 19.1 Å². The highest BCUT2D eigenvalue weighted by molar-refractivity contribution is 5.96. The molecule has 152 valence electrons. The molecule has 0 N–H and O–H groups in total. The number of aliphatic imine (C=N–C) groups is 1. The molecule has 0 saturated carbocycles. The van der Waals surface area contributed by atoms with Crippen LogP contribution in [0.15, 0.2) is 29.3 Å². The molecule has 1 fully saturated rings. The molecule has 28 heavy (non-hydrogen) atoms. The monoisotopic (exact) mass is 388 g/mol. The quantitative estimate of drug-likeness (QED) is 0.667. The van der Waals surface area contributed by atoms with Gasteiger partial charge in [0.15, 0.2) is 0 Å². The van der Waals surface area contributed by atoms with Crippen LogP contribution in [0.1, 0.15) is 18.1 Å². The van der Waals surface area contributed by atoms with Crippen LogP contribution >= 0.6 is 0 Å². The maximum Gasteiger partial charge on any atom is 0.212 e. The highest BCUT2D eigenvalue weighted by Gasteiger charge is 2.25. The summed E-state index contributed by atoms with van der Waals surface area (Å²) in [6.45, 7) is 7.75. The van der Waals surface area contributed by atoms with Gasteiger partial charge in [-0.25, -0.2) is 4.99 Å². The third-order valence-corrected chi connectivity index (χ3v) is 5.00. The summed E-state index contributed by atoms with van der Waals surface area (Å²) in [7, 11) is 0. The number of rotatable bonds is 7. The van der Waals surface area contributed by atoms with Gasteiger partial charge in [-0.05, 0) is 37.1 Å². The van der Waals surface area contributed by atoms with Gasteiger partial charge < -0.3 is 28.6 Å². The number of hydrogen-bond acceptors (Lipinski definition) is 7. The van der Waals surface area contributed by atoms with Gasteiger partial charge in [-0.3, -0.25) is 0 Å². The summed E-state index contributed by atoms with van der Waals surface area (Å²) < 4.78 is 28.1. The molecule has 0 bridgehead atoms. The molecule has 1 saturated heterocycles. The molecule has 1 atom stereocenters. The highest BCUT2D eigenvalue weighted by Crippen LogP contribution is 2.32. The molecular weight excluding hydrogens is 360 g/mol. The first kappa shape index (κ1) is 19.2. The normalized spacial score (nSPS) is 21.3. The molecular formula is C21H28N2O5. The van der Waals surface area contributed by atoms with Crippen molar-refractivity contribution in [2.45, 2.75) is 19.4 Å². The minimum absolute atomic E-state index is 0.0251. The minimum Gasteiger partial charge on any atom is -0.491 e. The van der Waals surface area contributed by atoms with Crippen LogP contribution in [0.5, 0.6) is 5.75 Å². The average molecular weight is 388 g/mol. The van der Waals surface area contributed by atoms with E-state index in [2.05, 4.69) is 22.0 Å². The molecule has 0 spiro atoms. The largest absolute Gasteiger partial charge is 0.491 e. The number of ether oxygens (including phenoxy) is 5. The van der Waals surface area contributed by atoms with Crippen molar-refractivity contribution in [1.29, 1.82) is 0 Å². The Balaban J connectivity index is 1.40. The third-order valence-electron chi connectivity index (χ3n) is 5.00. The predicted molar refractivity (Wildman–Crippen MR) is 106 cm³/mol. The summed E-state index contributed by atoms with van der Waals surface area (Å²) in [6.07, 6.45) is 2.98. The van der Waals surface area contributed by atoms with Crippen LogP contribution in [0.4, 0.5) is 0 Å². The lowest BCUT2D eigenvalue weighted by molar-refractivity contribution is -0.103. The Morgan fingerprint density at radius 1 is 1.21 bits per heavy atom. The second-order valence-corrected chi connectivity index (χ2v) is 6.92. The fraction of sp³-hybridized carbons (Fsp3) is 0.571. The van der Waals surface area contributed by atoms with Crippen molar-refractivity contribution in [1.82, 2.24) is 4.90 Å². The Kier molecular flexibility index (Phi) is 6.46. The van der Waals surface area contributed by atoms with Crippen molar-refractivity contribution in [2.75, 3.05) is 59.5 Å². The smallest absolute Gasteiger partial charge is 0.212 e. The minimum atomic E-state index is -0.0251. The van der Waals surface area contributed by atoms with Gasteiger partial charge in [-0.15, -0.1) is 0 Å². The number of nitrogens with zero attached hydrogens (tertiary/aromatic N) is 2. The summed E-state index contributed by atoms with van der Waals surface area (Å²) >= 11 is 0. The van der Waals surface area contributed by atoms with Crippen molar-refractivity contribution < 1.29 is 23.7 Å². The number of benzene rings is 1. The fourth-order valence-corrected chi connectivity index (χ4v) is 3.56. The molecule has 0 unspecified atom stereocenters. The van der Waals surface area contributed by atoms with Gasteiger partial charge in [0.05, 0.1) is 32.1 Å².